The van der Waals surface area contributed by atoms with Crippen molar-refractivity contribution in [2.75, 3.05) is 6.61 Å². The Kier molecular flexibility index (Phi) is 5.13. The van der Waals surface area contributed by atoms with Gasteiger partial charge in [0.15, 0.2) is 0 Å². The molecule has 0 amide bonds. The van der Waals surface area contributed by atoms with E-state index in [-0.39, 0.29) is 0 Å². The fourth-order valence-corrected chi connectivity index (χ4v) is 1.42. The summed E-state index contributed by atoms with van der Waals surface area (Å²) in [6.07, 6.45) is 4.64. The van der Waals surface area contributed by atoms with Gasteiger partial charge in [-0.15, -0.1) is 0 Å². The Hall–Kier alpha value is -0.980. The van der Waals surface area contributed by atoms with Gasteiger partial charge in [-0.3, -0.25) is 0 Å². The lowest BCUT2D eigenvalue weighted by Gasteiger charge is -2.04. The second-order valence-corrected chi connectivity index (χ2v) is 3.39. The van der Waals surface area contributed by atoms with E-state index >= 15 is 0 Å². The van der Waals surface area contributed by atoms with Crippen LogP contribution in [0, 0.1) is 6.92 Å². The molecule has 0 saturated heterocycles. The van der Waals surface area contributed by atoms with Crippen LogP contribution in [-0.2, 0) is 6.42 Å². The van der Waals surface area contributed by atoms with Crippen molar-refractivity contribution in [2.45, 2.75) is 32.6 Å². The Labute approximate surface area is 87.1 Å². The molecule has 0 bridgehead atoms. The summed E-state index contributed by atoms with van der Waals surface area (Å²) in [6.45, 7) is 6.57. The van der Waals surface area contributed by atoms with Crippen molar-refractivity contribution in [2.24, 2.45) is 0 Å². The Morgan fingerprint density at radius 2 is 1.86 bits per heavy atom. The number of hydrogen-bond donors (Lipinski definition) is 0. The first-order chi connectivity index (χ1) is 6.86. The molecule has 1 aromatic carbocycles. The maximum absolute atomic E-state index is 5.38. The van der Waals surface area contributed by atoms with Gasteiger partial charge in [0.1, 0.15) is 5.75 Å². The van der Waals surface area contributed by atoms with Crippen LogP contribution < -0.4 is 4.74 Å². The van der Waals surface area contributed by atoms with E-state index in [2.05, 4.69) is 19.1 Å². The van der Waals surface area contributed by atoms with Crippen molar-refractivity contribution >= 4 is 0 Å². The molecular formula is C13H19O. The van der Waals surface area contributed by atoms with Crippen LogP contribution in [0.4, 0.5) is 0 Å². The third kappa shape index (κ3) is 3.82. The number of rotatable bonds is 6. The Morgan fingerprint density at radius 3 is 2.43 bits per heavy atom. The van der Waals surface area contributed by atoms with Crippen molar-refractivity contribution in [3.05, 3.63) is 36.8 Å². The molecule has 0 N–H and O–H groups in total. The van der Waals surface area contributed by atoms with E-state index in [0.717, 1.165) is 25.2 Å². The van der Waals surface area contributed by atoms with E-state index in [1.165, 1.54) is 18.4 Å². The first kappa shape index (κ1) is 11.1. The largest absolute Gasteiger partial charge is 0.494 e. The molecule has 0 saturated carbocycles. The van der Waals surface area contributed by atoms with Crippen LogP contribution in [0.15, 0.2) is 24.3 Å². The molecule has 1 rings (SSSR count). The first-order valence-electron chi connectivity index (χ1n) is 5.37. The minimum atomic E-state index is 0.737. The van der Waals surface area contributed by atoms with Gasteiger partial charge in [0, 0.05) is 0 Å². The SMILES string of the molecule is [CH2]CCCCc1ccc(OCC)cc1. The number of hydrogen-bond acceptors (Lipinski definition) is 1. The van der Waals surface area contributed by atoms with Crippen LogP contribution in [0.5, 0.6) is 5.75 Å². The molecule has 77 valence electrons. The molecule has 1 radical (unpaired) electrons. The molecule has 0 heterocycles. The predicted octanol–water partition coefficient (Wildman–Crippen LogP) is 3.63. The lowest BCUT2D eigenvalue weighted by Crippen LogP contribution is -1.91. The molecule has 0 fully saturated rings. The number of aryl methyl sites for hydroxylation is 1. The molecule has 0 aliphatic carbocycles. The van der Waals surface area contributed by atoms with Crippen LogP contribution >= 0.6 is 0 Å². The van der Waals surface area contributed by atoms with Gasteiger partial charge in [0.25, 0.3) is 0 Å². The zero-order chi connectivity index (χ0) is 10.2. The predicted molar refractivity (Wildman–Crippen MR) is 60.5 cm³/mol. The van der Waals surface area contributed by atoms with Gasteiger partial charge in [-0.2, -0.15) is 0 Å². The summed E-state index contributed by atoms with van der Waals surface area (Å²) in [4.78, 5) is 0. The summed E-state index contributed by atoms with van der Waals surface area (Å²) < 4.78 is 5.38. The molecule has 14 heavy (non-hydrogen) atoms. The van der Waals surface area contributed by atoms with Crippen LogP contribution in [0.2, 0.25) is 0 Å². The molecule has 0 spiro atoms. The summed E-state index contributed by atoms with van der Waals surface area (Å²) in [5.74, 6) is 0.966. The number of benzene rings is 1. The van der Waals surface area contributed by atoms with Crippen molar-refractivity contribution in [3.63, 3.8) is 0 Å². The van der Waals surface area contributed by atoms with Gasteiger partial charge >= 0.3 is 0 Å². The normalized spacial score (nSPS) is 10.1. The highest BCUT2D eigenvalue weighted by atomic mass is 16.5. The second kappa shape index (κ2) is 6.47. The summed E-state index contributed by atoms with van der Waals surface area (Å²) in [5, 5.41) is 0. The summed E-state index contributed by atoms with van der Waals surface area (Å²) in [7, 11) is 0. The summed E-state index contributed by atoms with van der Waals surface area (Å²) >= 11 is 0. The van der Waals surface area contributed by atoms with Gasteiger partial charge < -0.3 is 4.74 Å². The van der Waals surface area contributed by atoms with Gasteiger partial charge in [0.2, 0.25) is 0 Å². The zero-order valence-electron chi connectivity index (χ0n) is 8.96. The van der Waals surface area contributed by atoms with Gasteiger partial charge in [-0.1, -0.05) is 31.9 Å². The van der Waals surface area contributed by atoms with E-state index in [0.29, 0.717) is 0 Å². The number of unbranched alkanes of at least 4 members (excludes halogenated alkanes) is 2. The second-order valence-electron chi connectivity index (χ2n) is 3.39. The highest BCUT2D eigenvalue weighted by Crippen LogP contribution is 2.13. The van der Waals surface area contributed by atoms with E-state index in [1.807, 2.05) is 19.1 Å². The van der Waals surface area contributed by atoms with Crippen molar-refractivity contribution in [1.29, 1.82) is 0 Å². The summed E-state index contributed by atoms with van der Waals surface area (Å²) in [6, 6.07) is 8.38. The standard InChI is InChI=1S/C13H19O/c1-3-5-6-7-12-8-10-13(11-9-12)14-4-2/h8-11H,1,3-7H2,2H3. The van der Waals surface area contributed by atoms with Gasteiger partial charge in [-0.05, 0) is 37.5 Å². The minimum absolute atomic E-state index is 0.737. The smallest absolute Gasteiger partial charge is 0.119 e. The molecule has 0 unspecified atom stereocenters. The van der Waals surface area contributed by atoms with Crippen molar-refractivity contribution in [1.82, 2.24) is 0 Å². The monoisotopic (exact) mass is 191 g/mol. The quantitative estimate of drug-likeness (QED) is 0.624. The molecule has 0 aliphatic heterocycles. The molecule has 1 aromatic rings. The van der Waals surface area contributed by atoms with Gasteiger partial charge in [-0.25, -0.2) is 0 Å². The van der Waals surface area contributed by atoms with Crippen LogP contribution in [-0.4, -0.2) is 6.61 Å². The van der Waals surface area contributed by atoms with Crippen LogP contribution in [0.3, 0.4) is 0 Å². The van der Waals surface area contributed by atoms with E-state index in [4.69, 9.17) is 4.74 Å². The molecule has 1 heteroatoms. The van der Waals surface area contributed by atoms with Crippen LogP contribution in [0.25, 0.3) is 0 Å². The molecule has 0 aliphatic rings. The average Bonchev–Trinajstić information content (AvgIpc) is 2.21. The minimum Gasteiger partial charge on any atom is -0.494 e. The third-order valence-electron chi connectivity index (χ3n) is 2.20. The topological polar surface area (TPSA) is 9.23 Å². The Bertz CT molecular complexity index is 238. The zero-order valence-corrected chi connectivity index (χ0v) is 8.96. The molecular weight excluding hydrogens is 172 g/mol. The highest BCUT2D eigenvalue weighted by Gasteiger charge is 1.94. The molecule has 1 nitrogen and oxygen atoms in total. The lowest BCUT2D eigenvalue weighted by molar-refractivity contribution is 0.340. The summed E-state index contributed by atoms with van der Waals surface area (Å²) in [5.41, 5.74) is 1.39. The maximum Gasteiger partial charge on any atom is 0.119 e. The van der Waals surface area contributed by atoms with Gasteiger partial charge in [0.05, 0.1) is 6.61 Å². The van der Waals surface area contributed by atoms with Crippen molar-refractivity contribution < 1.29 is 4.74 Å². The average molecular weight is 191 g/mol. The fraction of sp³-hybridized carbons (Fsp3) is 0.462. The highest BCUT2D eigenvalue weighted by molar-refractivity contribution is 5.27. The Morgan fingerprint density at radius 1 is 1.14 bits per heavy atom. The maximum atomic E-state index is 5.38. The fourth-order valence-electron chi connectivity index (χ4n) is 1.42. The molecule has 0 atom stereocenters. The van der Waals surface area contributed by atoms with E-state index < -0.39 is 0 Å². The van der Waals surface area contributed by atoms with E-state index in [9.17, 15) is 0 Å². The van der Waals surface area contributed by atoms with Crippen LogP contribution in [0.1, 0.15) is 31.7 Å². The Balaban J connectivity index is 2.38. The third-order valence-corrected chi connectivity index (χ3v) is 2.20. The van der Waals surface area contributed by atoms with Crippen molar-refractivity contribution in [3.8, 4) is 5.75 Å². The first-order valence-corrected chi connectivity index (χ1v) is 5.37. The number of ether oxygens (including phenoxy) is 1. The molecule has 0 aromatic heterocycles. The van der Waals surface area contributed by atoms with E-state index in [1.54, 1.807) is 0 Å². The lowest BCUT2D eigenvalue weighted by atomic mass is 10.1.